The van der Waals surface area contributed by atoms with Gasteiger partial charge in [0.15, 0.2) is 5.17 Å². The van der Waals surface area contributed by atoms with E-state index in [1.54, 1.807) is 4.90 Å². The quantitative estimate of drug-likeness (QED) is 0.621. The zero-order chi connectivity index (χ0) is 19.4. The molecule has 140 valence electrons. The number of amidine groups is 1. The second-order valence-corrected chi connectivity index (χ2v) is 8.60. The van der Waals surface area contributed by atoms with Crippen LogP contribution < -0.4 is 5.32 Å². The van der Waals surface area contributed by atoms with E-state index in [0.717, 1.165) is 20.5 Å². The number of anilines is 1. The number of nitrogens with zero attached hydrogens (tertiary/aromatic N) is 2. The first-order valence-electron chi connectivity index (χ1n) is 8.65. The minimum absolute atomic E-state index is 0.0637. The second-order valence-electron chi connectivity index (χ2n) is 6.18. The number of hydrogen-bond acceptors (Lipinski definition) is 4. The van der Waals surface area contributed by atoms with Gasteiger partial charge in [-0.05, 0) is 78.4 Å². The summed E-state index contributed by atoms with van der Waals surface area (Å²) in [4.78, 5) is 31.3. The largest absolute Gasteiger partial charge is 0.326 e. The predicted molar refractivity (Wildman–Crippen MR) is 119 cm³/mol. The Hall–Kier alpha value is -1.87. The number of rotatable bonds is 5. The van der Waals surface area contributed by atoms with Crippen LogP contribution in [0.5, 0.6) is 0 Å². The van der Waals surface area contributed by atoms with Crippen LogP contribution in [0.25, 0.3) is 0 Å². The van der Waals surface area contributed by atoms with Crippen LogP contribution in [0.15, 0.2) is 53.5 Å². The van der Waals surface area contributed by atoms with Gasteiger partial charge in [0.25, 0.3) is 0 Å². The molecule has 7 heteroatoms. The molecule has 2 aromatic rings. The van der Waals surface area contributed by atoms with E-state index >= 15 is 0 Å². The van der Waals surface area contributed by atoms with Crippen LogP contribution in [0.1, 0.15) is 18.9 Å². The van der Waals surface area contributed by atoms with Gasteiger partial charge in [-0.1, -0.05) is 23.9 Å². The minimum Gasteiger partial charge on any atom is -0.326 e. The minimum atomic E-state index is -0.447. The van der Waals surface area contributed by atoms with Crippen molar-refractivity contribution < 1.29 is 9.59 Å². The fourth-order valence-electron chi connectivity index (χ4n) is 2.75. The Kier molecular flexibility index (Phi) is 6.54. The van der Waals surface area contributed by atoms with Gasteiger partial charge in [-0.2, -0.15) is 0 Å². The smallest absolute Gasteiger partial charge is 0.242 e. The molecule has 0 aliphatic carbocycles. The molecular formula is C20H20IN3O2S. The molecule has 0 bridgehead atoms. The Bertz CT molecular complexity index is 883. The molecule has 27 heavy (non-hydrogen) atoms. The summed E-state index contributed by atoms with van der Waals surface area (Å²) in [6, 6.07) is 15.4. The highest BCUT2D eigenvalue weighted by Gasteiger charge is 2.38. The fourth-order valence-corrected chi connectivity index (χ4v) is 4.33. The van der Waals surface area contributed by atoms with Crippen LogP contribution in [0, 0.1) is 10.5 Å². The highest BCUT2D eigenvalue weighted by molar-refractivity contribution is 14.1. The molecule has 0 saturated carbocycles. The molecule has 5 nitrogen and oxygen atoms in total. The number of carbonyl (C=O) groups excluding carboxylic acids is 2. The van der Waals surface area contributed by atoms with Gasteiger partial charge >= 0.3 is 0 Å². The van der Waals surface area contributed by atoms with Crippen LogP contribution in [-0.2, 0) is 9.59 Å². The topological polar surface area (TPSA) is 61.8 Å². The van der Waals surface area contributed by atoms with Crippen molar-refractivity contribution >= 4 is 62.7 Å². The summed E-state index contributed by atoms with van der Waals surface area (Å²) in [6.45, 7) is 4.42. The lowest BCUT2D eigenvalue weighted by Crippen LogP contribution is -2.33. The number of nitrogens with one attached hydrogen (secondary N) is 1. The molecule has 1 fully saturated rings. The molecule has 0 aromatic heterocycles. The number of amides is 2. The van der Waals surface area contributed by atoms with Gasteiger partial charge in [0, 0.05) is 22.2 Å². The zero-order valence-electron chi connectivity index (χ0n) is 15.1. The van der Waals surface area contributed by atoms with Crippen molar-refractivity contribution in [3.05, 3.63) is 57.7 Å². The standard InChI is InChI=1S/C20H20IN3O2S/c1-3-24-19(26)17(12-18(25)22-16-6-4-5-13(2)11-16)27-20(24)23-15-9-7-14(21)8-10-15/h4-11,17H,3,12H2,1-2H3,(H,22,25)/t17-/m1/s1. The lowest BCUT2D eigenvalue weighted by Gasteiger charge is -2.13. The maximum atomic E-state index is 12.7. The lowest BCUT2D eigenvalue weighted by atomic mass is 10.2. The van der Waals surface area contributed by atoms with Crippen LogP contribution in [-0.4, -0.2) is 33.7 Å². The van der Waals surface area contributed by atoms with E-state index in [1.807, 2.05) is 62.4 Å². The van der Waals surface area contributed by atoms with Gasteiger partial charge in [0.1, 0.15) is 5.25 Å². The number of thioether (sulfide) groups is 1. The highest BCUT2D eigenvalue weighted by atomic mass is 127. The summed E-state index contributed by atoms with van der Waals surface area (Å²) in [5, 5.41) is 3.07. The van der Waals surface area contributed by atoms with Crippen LogP contribution in [0.4, 0.5) is 11.4 Å². The number of halogens is 1. The maximum Gasteiger partial charge on any atom is 0.242 e. The van der Waals surface area contributed by atoms with Crippen LogP contribution >= 0.6 is 34.4 Å². The fraction of sp³-hybridized carbons (Fsp3) is 0.250. The van der Waals surface area contributed by atoms with Crippen molar-refractivity contribution in [1.29, 1.82) is 0 Å². The van der Waals surface area contributed by atoms with Gasteiger partial charge in [-0.3, -0.25) is 14.5 Å². The van der Waals surface area contributed by atoms with Gasteiger partial charge in [0.2, 0.25) is 11.8 Å². The first-order chi connectivity index (χ1) is 13.0. The van der Waals surface area contributed by atoms with Crippen molar-refractivity contribution in [3.8, 4) is 0 Å². The third kappa shape index (κ3) is 5.10. The van der Waals surface area contributed by atoms with E-state index < -0.39 is 5.25 Å². The molecule has 0 unspecified atom stereocenters. The molecule has 1 atom stereocenters. The van der Waals surface area contributed by atoms with Gasteiger partial charge in [-0.15, -0.1) is 0 Å². The molecule has 3 rings (SSSR count). The normalized spacial score (nSPS) is 18.2. The molecule has 2 aromatic carbocycles. The number of carbonyl (C=O) groups is 2. The second kappa shape index (κ2) is 8.88. The van der Waals surface area contributed by atoms with Crippen LogP contribution in [0.3, 0.4) is 0 Å². The lowest BCUT2D eigenvalue weighted by molar-refractivity contribution is -0.128. The van der Waals surface area contributed by atoms with Gasteiger partial charge < -0.3 is 5.32 Å². The summed E-state index contributed by atoms with van der Waals surface area (Å²) in [7, 11) is 0. The summed E-state index contributed by atoms with van der Waals surface area (Å²) in [6.07, 6.45) is 0.125. The van der Waals surface area contributed by atoms with E-state index in [4.69, 9.17) is 0 Å². The molecule has 1 heterocycles. The molecule has 1 saturated heterocycles. The number of hydrogen-bond donors (Lipinski definition) is 1. The summed E-state index contributed by atoms with van der Waals surface area (Å²) < 4.78 is 1.13. The number of benzene rings is 2. The van der Waals surface area contributed by atoms with E-state index in [0.29, 0.717) is 11.7 Å². The third-order valence-corrected chi connectivity index (χ3v) is 5.95. The monoisotopic (exact) mass is 493 g/mol. The van der Waals surface area contributed by atoms with E-state index in [-0.39, 0.29) is 18.2 Å². The zero-order valence-corrected chi connectivity index (χ0v) is 18.1. The van der Waals surface area contributed by atoms with E-state index in [1.165, 1.54) is 11.8 Å². The maximum absolute atomic E-state index is 12.7. The van der Waals surface area contributed by atoms with Crippen molar-refractivity contribution in [2.45, 2.75) is 25.5 Å². The molecule has 1 aliphatic heterocycles. The van der Waals surface area contributed by atoms with Crippen LogP contribution in [0.2, 0.25) is 0 Å². The molecule has 0 radical (unpaired) electrons. The predicted octanol–water partition coefficient (Wildman–Crippen LogP) is 4.58. The average molecular weight is 493 g/mol. The average Bonchev–Trinajstić information content (AvgIpc) is 2.91. The summed E-state index contributed by atoms with van der Waals surface area (Å²) in [5.41, 5.74) is 2.62. The van der Waals surface area contributed by atoms with Gasteiger partial charge in [0.05, 0.1) is 5.69 Å². The first-order valence-corrected chi connectivity index (χ1v) is 10.6. The molecule has 1 N–H and O–H groups in total. The number of aliphatic imine (C=N–C) groups is 1. The highest BCUT2D eigenvalue weighted by Crippen LogP contribution is 2.31. The van der Waals surface area contributed by atoms with Crippen molar-refractivity contribution in [2.75, 3.05) is 11.9 Å². The molecule has 2 amide bonds. The van der Waals surface area contributed by atoms with Gasteiger partial charge in [-0.25, -0.2) is 4.99 Å². The Morgan fingerprint density at radius 3 is 2.67 bits per heavy atom. The third-order valence-electron chi connectivity index (χ3n) is 4.06. The van der Waals surface area contributed by atoms with E-state index in [9.17, 15) is 9.59 Å². The van der Waals surface area contributed by atoms with Crippen molar-refractivity contribution in [2.24, 2.45) is 4.99 Å². The summed E-state index contributed by atoms with van der Waals surface area (Å²) in [5.74, 6) is -0.232. The Morgan fingerprint density at radius 1 is 1.26 bits per heavy atom. The Balaban J connectivity index is 1.70. The van der Waals surface area contributed by atoms with Crippen molar-refractivity contribution in [1.82, 2.24) is 4.90 Å². The van der Waals surface area contributed by atoms with Crippen molar-refractivity contribution in [3.63, 3.8) is 0 Å². The van der Waals surface area contributed by atoms with E-state index in [2.05, 4.69) is 32.9 Å². The summed E-state index contributed by atoms with van der Waals surface area (Å²) >= 11 is 3.60. The Morgan fingerprint density at radius 2 is 2.00 bits per heavy atom. The SMILES string of the molecule is CCN1C(=O)[C@@H](CC(=O)Nc2cccc(C)c2)SC1=Nc1ccc(I)cc1. The molecular weight excluding hydrogens is 473 g/mol. The number of aryl methyl sites for hydroxylation is 1. The first kappa shape index (κ1) is 19.9. The molecule has 1 aliphatic rings. The Labute approximate surface area is 176 Å². The molecule has 0 spiro atoms.